The Morgan fingerprint density at radius 2 is 1.94 bits per heavy atom. The molecule has 2 aromatic rings. The van der Waals surface area contributed by atoms with Gasteiger partial charge in [-0.1, -0.05) is 10.3 Å². The maximum atomic E-state index is 13.7. The Kier molecular flexibility index (Phi) is 5.04. The molecule has 5 rings (SSSR count). The molecule has 12 nitrogen and oxygen atoms in total. The molecule has 1 fully saturated rings. The Morgan fingerprint density at radius 1 is 1.22 bits per heavy atom. The first-order valence-electron chi connectivity index (χ1n) is 10.9. The van der Waals surface area contributed by atoms with Crippen molar-refractivity contribution in [3.63, 3.8) is 0 Å². The Hall–Kier alpha value is -4.45. The van der Waals surface area contributed by atoms with E-state index < -0.39 is 57.7 Å². The predicted molar refractivity (Wildman–Crippen MR) is 121 cm³/mol. The lowest BCUT2D eigenvalue weighted by molar-refractivity contribution is -0.153. The lowest BCUT2D eigenvalue weighted by atomic mass is 9.58. The van der Waals surface area contributed by atoms with Gasteiger partial charge in [-0.3, -0.25) is 14.4 Å². The van der Waals surface area contributed by atoms with E-state index in [1.165, 1.54) is 6.07 Å². The Labute approximate surface area is 202 Å². The molecule has 3 aliphatic carbocycles. The minimum atomic E-state index is -2.89. The maximum absolute atomic E-state index is 13.7. The van der Waals surface area contributed by atoms with Gasteiger partial charge in [0.1, 0.15) is 29.9 Å². The molecule has 6 N–H and O–H groups in total. The number of allylic oxidation sites excluding steroid dienone is 1. The number of Topliss-reactive ketones (excluding diaryl/α,β-unsaturated/α-hetero) is 2. The second-order valence-corrected chi connectivity index (χ2v) is 8.94. The van der Waals surface area contributed by atoms with Crippen molar-refractivity contribution in [3.05, 3.63) is 51.9 Å². The van der Waals surface area contributed by atoms with Crippen LogP contribution in [0, 0.1) is 18.8 Å². The van der Waals surface area contributed by atoms with Gasteiger partial charge in [-0.25, -0.2) is 0 Å². The van der Waals surface area contributed by atoms with Crippen LogP contribution in [0.3, 0.4) is 0 Å². The molecule has 0 saturated heterocycles. The molecule has 1 aromatic carbocycles. The van der Waals surface area contributed by atoms with Gasteiger partial charge in [0.2, 0.25) is 11.6 Å². The van der Waals surface area contributed by atoms with E-state index >= 15 is 0 Å². The van der Waals surface area contributed by atoms with Crippen LogP contribution in [-0.2, 0) is 25.6 Å². The second-order valence-electron chi connectivity index (χ2n) is 8.94. The first kappa shape index (κ1) is 23.3. The van der Waals surface area contributed by atoms with Crippen LogP contribution in [0.5, 0.6) is 5.75 Å². The molecule has 1 heterocycles. The minimum absolute atomic E-state index is 0.0502. The van der Waals surface area contributed by atoms with Gasteiger partial charge < -0.3 is 35.5 Å². The van der Waals surface area contributed by atoms with Gasteiger partial charge in [0.15, 0.2) is 17.1 Å². The fourth-order valence-electron chi connectivity index (χ4n) is 5.42. The molecular weight excluding hydrogens is 474 g/mol. The average molecular weight is 495 g/mol. The monoisotopic (exact) mass is 495 g/mol. The predicted octanol–water partition coefficient (Wildman–Crippen LogP) is 1.000. The van der Waals surface area contributed by atoms with Crippen molar-refractivity contribution in [3.8, 4) is 17.1 Å². The standard InChI is InChI=1S/C24H21N3O9/c1-8-5-14(36-26-8)10-3-4-13(28)16-11(10)6-9-7-12-18(27-35-2)20(30)17(23(25)33)22(32)24(12,34)21(31)15(9)19(16)29/h3-5,9,12,28-30,34H,6-7H2,1-2H3,(H2,25,33)/b27-18-/t9-,12-,24-/m0/s1. The molecular formula is C24H21N3O9. The van der Waals surface area contributed by atoms with Crippen LogP contribution in [0.1, 0.15) is 23.2 Å². The molecule has 36 heavy (non-hydrogen) atoms. The van der Waals surface area contributed by atoms with Crippen LogP contribution in [0.25, 0.3) is 17.1 Å². The summed E-state index contributed by atoms with van der Waals surface area (Å²) in [5.41, 5.74) is 2.20. The summed E-state index contributed by atoms with van der Waals surface area (Å²) in [6.45, 7) is 1.73. The highest BCUT2D eigenvalue weighted by Crippen LogP contribution is 2.51. The number of benzene rings is 1. The van der Waals surface area contributed by atoms with Gasteiger partial charge in [0.25, 0.3) is 5.91 Å². The molecule has 0 unspecified atom stereocenters. The molecule has 12 heteroatoms. The average Bonchev–Trinajstić information content (AvgIpc) is 3.24. The van der Waals surface area contributed by atoms with E-state index in [1.807, 2.05) is 0 Å². The number of nitrogens with zero attached hydrogens (tertiary/aromatic N) is 2. The van der Waals surface area contributed by atoms with Gasteiger partial charge >= 0.3 is 0 Å². The first-order valence-corrected chi connectivity index (χ1v) is 10.9. The highest BCUT2D eigenvalue weighted by molar-refractivity contribution is 6.38. The third-order valence-corrected chi connectivity index (χ3v) is 6.97. The number of aromatic hydroxyl groups is 1. The quantitative estimate of drug-likeness (QED) is 0.232. The first-order chi connectivity index (χ1) is 17.0. The summed E-state index contributed by atoms with van der Waals surface area (Å²) in [5, 5.41) is 51.4. The zero-order valence-corrected chi connectivity index (χ0v) is 19.1. The van der Waals surface area contributed by atoms with E-state index in [0.717, 1.165) is 7.11 Å². The van der Waals surface area contributed by atoms with Crippen molar-refractivity contribution in [2.24, 2.45) is 22.7 Å². The maximum Gasteiger partial charge on any atom is 0.256 e. The fourth-order valence-corrected chi connectivity index (χ4v) is 5.42. The lowest BCUT2D eigenvalue weighted by Gasteiger charge is -2.45. The van der Waals surface area contributed by atoms with Gasteiger partial charge in [-0.15, -0.1) is 0 Å². The van der Waals surface area contributed by atoms with Crippen LogP contribution in [-0.4, -0.2) is 61.5 Å². The number of aliphatic hydroxyl groups excluding tert-OH is 2. The van der Waals surface area contributed by atoms with Crippen molar-refractivity contribution in [2.75, 3.05) is 7.11 Å². The van der Waals surface area contributed by atoms with Crippen LogP contribution < -0.4 is 5.73 Å². The minimum Gasteiger partial charge on any atom is -0.507 e. The number of phenols is 1. The number of aliphatic hydroxyl groups is 3. The van der Waals surface area contributed by atoms with Crippen molar-refractivity contribution in [2.45, 2.75) is 25.4 Å². The van der Waals surface area contributed by atoms with E-state index in [2.05, 4.69) is 10.3 Å². The Bertz CT molecular complexity index is 1460. The van der Waals surface area contributed by atoms with Crippen molar-refractivity contribution in [1.29, 1.82) is 0 Å². The van der Waals surface area contributed by atoms with Gasteiger partial charge in [-0.2, -0.15) is 0 Å². The number of aryl methyl sites for hydroxylation is 1. The molecule has 186 valence electrons. The molecule has 1 aromatic heterocycles. The largest absolute Gasteiger partial charge is 0.507 e. The zero-order valence-electron chi connectivity index (χ0n) is 19.1. The molecule has 0 bridgehead atoms. The van der Waals surface area contributed by atoms with Gasteiger partial charge in [0.05, 0.1) is 17.2 Å². The highest BCUT2D eigenvalue weighted by atomic mass is 16.6. The fraction of sp³-hybridized carbons (Fsp3) is 0.292. The number of carbonyl (C=O) groups is 3. The van der Waals surface area contributed by atoms with Crippen LogP contribution in [0.2, 0.25) is 0 Å². The molecule has 0 aliphatic heterocycles. The molecule has 1 amide bonds. The summed E-state index contributed by atoms with van der Waals surface area (Å²) in [4.78, 5) is 43.5. The number of hydrogen-bond acceptors (Lipinski definition) is 11. The van der Waals surface area contributed by atoms with Gasteiger partial charge in [0, 0.05) is 17.2 Å². The topological polar surface area (TPSA) is 206 Å². The van der Waals surface area contributed by atoms with Crippen LogP contribution in [0.4, 0.5) is 0 Å². The Balaban J connectivity index is 1.73. The summed E-state index contributed by atoms with van der Waals surface area (Å²) >= 11 is 0. The van der Waals surface area contributed by atoms with Crippen molar-refractivity contribution < 1.29 is 44.2 Å². The summed E-state index contributed by atoms with van der Waals surface area (Å²) in [7, 11) is 1.15. The third kappa shape index (κ3) is 2.94. The van der Waals surface area contributed by atoms with E-state index in [-0.39, 0.29) is 29.7 Å². The van der Waals surface area contributed by atoms with Crippen LogP contribution in [0.15, 0.2) is 44.8 Å². The number of amides is 1. The number of rotatable bonds is 3. The third-order valence-electron chi connectivity index (χ3n) is 6.97. The number of ketones is 2. The number of fused-ring (bicyclic) bond motifs is 3. The molecule has 1 saturated carbocycles. The molecule has 0 radical (unpaired) electrons. The number of carbonyl (C=O) groups excluding carboxylic acids is 3. The number of oxime groups is 1. The summed E-state index contributed by atoms with van der Waals surface area (Å²) < 4.78 is 5.36. The summed E-state index contributed by atoms with van der Waals surface area (Å²) in [6.07, 6.45) is -0.0478. The summed E-state index contributed by atoms with van der Waals surface area (Å²) in [6, 6.07) is 4.57. The Morgan fingerprint density at radius 3 is 2.56 bits per heavy atom. The lowest BCUT2D eigenvalue weighted by Crippen LogP contribution is -2.64. The number of primary amides is 1. The van der Waals surface area contributed by atoms with Crippen LogP contribution >= 0.6 is 0 Å². The SMILES string of the molecule is CO/N=C1\C(O)=C(C(N)=O)C(=O)[C@@]2(O)C(=O)C3=C(O)c4c(O)ccc(-c5cc(C)no5)c4C[C@H]3C[C@@H]12. The van der Waals surface area contributed by atoms with E-state index in [4.69, 9.17) is 15.1 Å². The van der Waals surface area contributed by atoms with E-state index in [9.17, 15) is 34.8 Å². The normalized spacial score (nSPS) is 26.6. The van der Waals surface area contributed by atoms with Crippen molar-refractivity contribution in [1.82, 2.24) is 5.16 Å². The van der Waals surface area contributed by atoms with E-state index in [0.29, 0.717) is 22.6 Å². The second kappa shape index (κ2) is 7.78. The number of aromatic nitrogens is 1. The van der Waals surface area contributed by atoms with E-state index in [1.54, 1.807) is 19.1 Å². The number of nitrogens with two attached hydrogens (primary N) is 1. The molecule has 0 spiro atoms. The molecule has 3 atom stereocenters. The zero-order chi connectivity index (χ0) is 26.1. The number of phenolic OH excluding ortho intramolecular Hbond substituents is 1. The highest BCUT2D eigenvalue weighted by Gasteiger charge is 2.64. The van der Waals surface area contributed by atoms with Gasteiger partial charge in [-0.05, 0) is 43.4 Å². The number of hydrogen-bond donors (Lipinski definition) is 5. The summed E-state index contributed by atoms with van der Waals surface area (Å²) in [5.74, 6) is -7.60. The van der Waals surface area contributed by atoms with Crippen molar-refractivity contribution >= 4 is 28.9 Å². The smallest absolute Gasteiger partial charge is 0.256 e. The molecule has 3 aliphatic rings.